The Balaban J connectivity index is 1.92. The summed E-state index contributed by atoms with van der Waals surface area (Å²) in [5, 5.41) is 11.7. The van der Waals surface area contributed by atoms with E-state index in [1.807, 2.05) is 18.3 Å². The van der Waals surface area contributed by atoms with Crippen molar-refractivity contribution >= 4 is 16.6 Å². The van der Waals surface area contributed by atoms with Crippen LogP contribution in [0.4, 0.5) is 5.69 Å². The van der Waals surface area contributed by atoms with Crippen LogP contribution in [-0.4, -0.2) is 9.49 Å². The average molecular weight is 274 g/mol. The van der Waals surface area contributed by atoms with Crippen molar-refractivity contribution in [3.63, 3.8) is 0 Å². The van der Waals surface area contributed by atoms with Crippen LogP contribution in [0.2, 0.25) is 0 Å². The number of benzene rings is 1. The van der Waals surface area contributed by atoms with E-state index in [1.165, 1.54) is 38.5 Å². The number of nitro groups is 1. The van der Waals surface area contributed by atoms with Crippen LogP contribution in [0.15, 0.2) is 30.5 Å². The highest BCUT2D eigenvalue weighted by molar-refractivity contribution is 5.82. The van der Waals surface area contributed by atoms with Gasteiger partial charge in [-0.25, -0.2) is 0 Å². The minimum Gasteiger partial charge on any atom is -0.347 e. The highest BCUT2D eigenvalue weighted by atomic mass is 16.6. The van der Waals surface area contributed by atoms with E-state index in [0.717, 1.165) is 17.4 Å². The molecule has 4 nitrogen and oxygen atoms in total. The third-order valence-electron chi connectivity index (χ3n) is 3.72. The number of nitro benzene ring substituents is 1. The summed E-state index contributed by atoms with van der Waals surface area (Å²) in [6.07, 6.45) is 9.70. The molecule has 0 N–H and O–H groups in total. The summed E-state index contributed by atoms with van der Waals surface area (Å²) in [5.74, 6) is 0. The third-order valence-corrected chi connectivity index (χ3v) is 3.72. The predicted octanol–water partition coefficient (Wildman–Crippen LogP) is 4.91. The largest absolute Gasteiger partial charge is 0.347 e. The predicted molar refractivity (Wildman–Crippen MR) is 82.0 cm³/mol. The maximum absolute atomic E-state index is 10.7. The van der Waals surface area contributed by atoms with Crippen molar-refractivity contribution in [3.8, 4) is 0 Å². The van der Waals surface area contributed by atoms with Crippen molar-refractivity contribution in [3.05, 3.63) is 40.6 Å². The number of rotatable bonds is 8. The Morgan fingerprint density at radius 3 is 2.60 bits per heavy atom. The van der Waals surface area contributed by atoms with Crippen LogP contribution in [0.5, 0.6) is 0 Å². The van der Waals surface area contributed by atoms with Gasteiger partial charge >= 0.3 is 0 Å². The molecule has 0 aliphatic heterocycles. The summed E-state index contributed by atoms with van der Waals surface area (Å²) >= 11 is 0. The number of hydrogen-bond donors (Lipinski definition) is 0. The molecule has 2 aromatic rings. The molecule has 1 aromatic carbocycles. The number of fused-ring (bicyclic) bond motifs is 1. The quantitative estimate of drug-likeness (QED) is 0.390. The molecule has 0 unspecified atom stereocenters. The Hall–Kier alpha value is -1.84. The lowest BCUT2D eigenvalue weighted by Crippen LogP contribution is -1.96. The maximum atomic E-state index is 10.7. The van der Waals surface area contributed by atoms with Crippen LogP contribution in [0.25, 0.3) is 10.9 Å². The van der Waals surface area contributed by atoms with Crippen molar-refractivity contribution in [2.75, 3.05) is 0 Å². The van der Waals surface area contributed by atoms with E-state index >= 15 is 0 Å². The lowest BCUT2D eigenvalue weighted by atomic mass is 10.1. The molecule has 0 saturated heterocycles. The topological polar surface area (TPSA) is 48.1 Å². The number of unbranched alkanes of at least 4 members (excludes halogenated alkanes) is 5. The summed E-state index contributed by atoms with van der Waals surface area (Å²) in [6.45, 7) is 3.22. The first-order valence-electron chi connectivity index (χ1n) is 7.45. The summed E-state index contributed by atoms with van der Waals surface area (Å²) in [4.78, 5) is 10.4. The van der Waals surface area contributed by atoms with E-state index in [4.69, 9.17) is 0 Å². The number of aryl methyl sites for hydroxylation is 1. The molecule has 2 rings (SSSR count). The van der Waals surface area contributed by atoms with Gasteiger partial charge in [0.2, 0.25) is 0 Å². The van der Waals surface area contributed by atoms with Gasteiger partial charge in [0.25, 0.3) is 5.69 Å². The van der Waals surface area contributed by atoms with E-state index in [0.29, 0.717) is 0 Å². The second kappa shape index (κ2) is 7.08. The molecule has 108 valence electrons. The molecule has 0 amide bonds. The summed E-state index contributed by atoms with van der Waals surface area (Å²) in [5.41, 5.74) is 1.25. The van der Waals surface area contributed by atoms with E-state index in [-0.39, 0.29) is 10.6 Å². The van der Waals surface area contributed by atoms with E-state index in [9.17, 15) is 10.1 Å². The fraction of sp³-hybridized carbons (Fsp3) is 0.500. The second-order valence-electron chi connectivity index (χ2n) is 5.28. The standard InChI is InChI=1S/C16H22N2O2/c1-2-3-4-5-6-7-11-17-12-10-14-13-15(18(19)20)8-9-16(14)17/h8-10,12-13H,2-7,11H2,1H3. The minimum absolute atomic E-state index is 0.162. The zero-order valence-corrected chi connectivity index (χ0v) is 12.0. The highest BCUT2D eigenvalue weighted by Crippen LogP contribution is 2.22. The highest BCUT2D eigenvalue weighted by Gasteiger charge is 2.08. The first kappa shape index (κ1) is 14.6. The van der Waals surface area contributed by atoms with Crippen molar-refractivity contribution in [1.82, 2.24) is 4.57 Å². The number of non-ortho nitro benzene ring substituents is 1. The molecular weight excluding hydrogens is 252 g/mol. The molecule has 0 saturated carbocycles. The van der Waals surface area contributed by atoms with E-state index in [1.54, 1.807) is 12.1 Å². The van der Waals surface area contributed by atoms with Gasteiger partial charge in [-0.1, -0.05) is 39.0 Å². The molecule has 0 spiro atoms. The molecule has 0 atom stereocenters. The molecular formula is C16H22N2O2. The van der Waals surface area contributed by atoms with Gasteiger partial charge in [-0.2, -0.15) is 0 Å². The second-order valence-corrected chi connectivity index (χ2v) is 5.28. The number of aromatic nitrogens is 1. The molecule has 1 heterocycles. The molecule has 0 radical (unpaired) electrons. The van der Waals surface area contributed by atoms with Crippen LogP contribution in [0, 0.1) is 10.1 Å². The number of hydrogen-bond acceptors (Lipinski definition) is 2. The molecule has 1 aromatic heterocycles. The molecule has 4 heteroatoms. The fourth-order valence-electron chi connectivity index (χ4n) is 2.56. The first-order chi connectivity index (χ1) is 9.72. The van der Waals surface area contributed by atoms with Crippen LogP contribution in [0.1, 0.15) is 45.4 Å². The Labute approximate surface area is 119 Å². The lowest BCUT2D eigenvalue weighted by molar-refractivity contribution is -0.384. The van der Waals surface area contributed by atoms with Crippen LogP contribution in [-0.2, 0) is 6.54 Å². The van der Waals surface area contributed by atoms with Crippen LogP contribution < -0.4 is 0 Å². The molecule has 0 fully saturated rings. The Kier molecular flexibility index (Phi) is 5.16. The SMILES string of the molecule is CCCCCCCCn1ccc2cc([N+](=O)[O-])ccc21. The lowest BCUT2D eigenvalue weighted by Gasteiger charge is -2.05. The average Bonchev–Trinajstić information content (AvgIpc) is 2.85. The van der Waals surface area contributed by atoms with Crippen molar-refractivity contribution < 1.29 is 4.92 Å². The number of nitrogens with zero attached hydrogens (tertiary/aromatic N) is 2. The van der Waals surface area contributed by atoms with Gasteiger partial charge in [-0.3, -0.25) is 10.1 Å². The van der Waals surface area contributed by atoms with Crippen molar-refractivity contribution in [1.29, 1.82) is 0 Å². The van der Waals surface area contributed by atoms with Crippen LogP contribution >= 0.6 is 0 Å². The smallest absolute Gasteiger partial charge is 0.270 e. The molecule has 0 aliphatic rings. The summed E-state index contributed by atoms with van der Waals surface area (Å²) in [6, 6.07) is 7.04. The Morgan fingerprint density at radius 2 is 1.85 bits per heavy atom. The molecule has 0 bridgehead atoms. The summed E-state index contributed by atoms with van der Waals surface area (Å²) in [7, 11) is 0. The fourth-order valence-corrected chi connectivity index (χ4v) is 2.56. The van der Waals surface area contributed by atoms with Crippen molar-refractivity contribution in [2.45, 2.75) is 52.0 Å². The third kappa shape index (κ3) is 3.59. The molecule has 0 aliphatic carbocycles. The van der Waals surface area contributed by atoms with Crippen LogP contribution in [0.3, 0.4) is 0 Å². The van der Waals surface area contributed by atoms with Gasteiger partial charge in [0.1, 0.15) is 0 Å². The van der Waals surface area contributed by atoms with Gasteiger partial charge in [0, 0.05) is 35.8 Å². The zero-order valence-electron chi connectivity index (χ0n) is 12.0. The van der Waals surface area contributed by atoms with Gasteiger partial charge in [0.15, 0.2) is 0 Å². The van der Waals surface area contributed by atoms with Gasteiger partial charge in [-0.15, -0.1) is 0 Å². The van der Waals surface area contributed by atoms with Gasteiger partial charge < -0.3 is 4.57 Å². The van der Waals surface area contributed by atoms with Crippen molar-refractivity contribution in [2.24, 2.45) is 0 Å². The maximum Gasteiger partial charge on any atom is 0.270 e. The van der Waals surface area contributed by atoms with Gasteiger partial charge in [0.05, 0.1) is 4.92 Å². The summed E-state index contributed by atoms with van der Waals surface area (Å²) < 4.78 is 2.19. The van der Waals surface area contributed by atoms with Gasteiger partial charge in [-0.05, 0) is 18.6 Å². The molecule has 20 heavy (non-hydrogen) atoms. The van der Waals surface area contributed by atoms with E-state index < -0.39 is 0 Å². The van der Waals surface area contributed by atoms with E-state index in [2.05, 4.69) is 11.5 Å². The Morgan fingerprint density at radius 1 is 1.10 bits per heavy atom. The minimum atomic E-state index is -0.343. The first-order valence-corrected chi connectivity index (χ1v) is 7.45. The normalized spacial score (nSPS) is 11.1. The Bertz CT molecular complexity index is 575. The zero-order chi connectivity index (χ0) is 14.4. The monoisotopic (exact) mass is 274 g/mol.